The lowest BCUT2D eigenvalue weighted by atomic mass is 9.74. The number of thioether (sulfide) groups is 1. The molecular weight excluding hydrogens is 192 g/mol. The van der Waals surface area contributed by atoms with Gasteiger partial charge in [0, 0.05) is 16.4 Å². The van der Waals surface area contributed by atoms with Crippen LogP contribution in [0.4, 0.5) is 0 Å². The fourth-order valence-corrected chi connectivity index (χ4v) is 4.71. The minimum absolute atomic E-state index is 0.349. The van der Waals surface area contributed by atoms with Gasteiger partial charge in [-0.3, -0.25) is 0 Å². The predicted octanol–water partition coefficient (Wildman–Crippen LogP) is 2.43. The van der Waals surface area contributed by atoms with Crippen molar-refractivity contribution < 1.29 is 5.11 Å². The fraction of sp³-hybridized carbons (Fsp3) is 0.833. The molecule has 0 bridgehead atoms. The van der Waals surface area contributed by atoms with Gasteiger partial charge in [0.25, 0.3) is 0 Å². The number of hydrogen-bond donors (Lipinski definition) is 1. The first-order chi connectivity index (χ1) is 6.65. The topological polar surface area (TPSA) is 20.2 Å². The maximum atomic E-state index is 10.4. The molecule has 0 spiro atoms. The zero-order valence-electron chi connectivity index (χ0n) is 8.70. The lowest BCUT2D eigenvalue weighted by Crippen LogP contribution is -2.49. The molecule has 14 heavy (non-hydrogen) atoms. The van der Waals surface area contributed by atoms with E-state index in [4.69, 9.17) is 6.42 Å². The minimum atomic E-state index is -0.810. The van der Waals surface area contributed by atoms with Crippen LogP contribution < -0.4 is 0 Å². The molecule has 0 aromatic rings. The molecule has 2 rings (SSSR count). The Morgan fingerprint density at radius 2 is 2.14 bits per heavy atom. The molecule has 2 heteroatoms. The lowest BCUT2D eigenvalue weighted by Gasteiger charge is -2.46. The Balaban J connectivity index is 2.20. The Morgan fingerprint density at radius 3 is 2.86 bits per heavy atom. The maximum Gasteiger partial charge on any atom is 0.130 e. The molecule has 1 saturated carbocycles. The molecule has 1 saturated heterocycles. The van der Waals surface area contributed by atoms with Crippen LogP contribution in [0.5, 0.6) is 0 Å². The number of hydrogen-bond acceptors (Lipinski definition) is 2. The molecule has 4 atom stereocenters. The van der Waals surface area contributed by atoms with Crippen molar-refractivity contribution in [3.8, 4) is 12.3 Å². The number of rotatable bonds is 0. The Bertz CT molecular complexity index is 258. The van der Waals surface area contributed by atoms with Crippen LogP contribution in [0.1, 0.15) is 39.0 Å². The molecule has 1 N–H and O–H groups in total. The average molecular weight is 210 g/mol. The van der Waals surface area contributed by atoms with Crippen LogP contribution in [0.3, 0.4) is 0 Å². The highest BCUT2D eigenvalue weighted by Gasteiger charge is 2.46. The second kappa shape index (κ2) is 3.79. The van der Waals surface area contributed by atoms with Gasteiger partial charge in [-0.25, -0.2) is 0 Å². The van der Waals surface area contributed by atoms with Crippen molar-refractivity contribution in [1.82, 2.24) is 0 Å². The standard InChI is InChI=1S/C12H18OS/c1-3-12(13)8-9(2)14-11-7-5-4-6-10(11)12/h1,9-11,13H,4-8H2,2H3. The first-order valence-electron chi connectivity index (χ1n) is 5.51. The first-order valence-corrected chi connectivity index (χ1v) is 6.45. The monoisotopic (exact) mass is 210 g/mol. The van der Waals surface area contributed by atoms with Crippen molar-refractivity contribution in [2.24, 2.45) is 5.92 Å². The van der Waals surface area contributed by atoms with Gasteiger partial charge in [0.1, 0.15) is 5.60 Å². The Labute approximate surface area is 90.7 Å². The summed E-state index contributed by atoms with van der Waals surface area (Å²) in [5.74, 6) is 3.00. The van der Waals surface area contributed by atoms with Crippen LogP contribution in [0.25, 0.3) is 0 Å². The highest BCUT2D eigenvalue weighted by molar-refractivity contribution is 8.00. The number of fused-ring (bicyclic) bond motifs is 1. The molecule has 0 aromatic heterocycles. The van der Waals surface area contributed by atoms with E-state index in [2.05, 4.69) is 12.8 Å². The fourth-order valence-electron chi connectivity index (χ4n) is 2.91. The van der Waals surface area contributed by atoms with E-state index < -0.39 is 5.60 Å². The normalized spacial score (nSPS) is 47.9. The lowest BCUT2D eigenvalue weighted by molar-refractivity contribution is 0.0108. The van der Waals surface area contributed by atoms with Gasteiger partial charge < -0.3 is 5.11 Å². The van der Waals surface area contributed by atoms with Gasteiger partial charge in [0.05, 0.1) is 0 Å². The van der Waals surface area contributed by atoms with Crippen molar-refractivity contribution in [1.29, 1.82) is 0 Å². The van der Waals surface area contributed by atoms with Gasteiger partial charge in [-0.05, 0) is 19.3 Å². The summed E-state index contributed by atoms with van der Waals surface area (Å²) in [6, 6.07) is 0. The van der Waals surface area contributed by atoms with Gasteiger partial charge >= 0.3 is 0 Å². The summed E-state index contributed by atoms with van der Waals surface area (Å²) in [7, 11) is 0. The van der Waals surface area contributed by atoms with E-state index in [1.54, 1.807) is 0 Å². The molecule has 0 radical (unpaired) electrons. The largest absolute Gasteiger partial charge is 0.377 e. The molecule has 2 fully saturated rings. The first kappa shape index (κ1) is 10.4. The van der Waals surface area contributed by atoms with Crippen molar-refractivity contribution in [2.45, 2.75) is 55.1 Å². The van der Waals surface area contributed by atoms with Crippen molar-refractivity contribution in [3.63, 3.8) is 0 Å². The second-order valence-electron chi connectivity index (χ2n) is 4.65. The van der Waals surface area contributed by atoms with E-state index in [1.165, 1.54) is 19.3 Å². The average Bonchev–Trinajstić information content (AvgIpc) is 2.17. The molecule has 2 aliphatic rings. The van der Waals surface area contributed by atoms with Gasteiger partial charge in [-0.1, -0.05) is 25.7 Å². The molecule has 1 nitrogen and oxygen atoms in total. The van der Waals surface area contributed by atoms with Crippen molar-refractivity contribution >= 4 is 11.8 Å². The summed E-state index contributed by atoms with van der Waals surface area (Å²) in [5.41, 5.74) is -0.810. The van der Waals surface area contributed by atoms with Crippen LogP contribution in [0, 0.1) is 18.3 Å². The van der Waals surface area contributed by atoms with E-state index in [9.17, 15) is 5.11 Å². The SMILES string of the molecule is C#CC1(O)CC(C)SC2CCCCC21. The van der Waals surface area contributed by atoms with E-state index in [0.29, 0.717) is 16.4 Å². The highest BCUT2D eigenvalue weighted by atomic mass is 32.2. The molecule has 4 unspecified atom stereocenters. The summed E-state index contributed by atoms with van der Waals surface area (Å²) < 4.78 is 0. The number of terminal acetylenes is 1. The molecular formula is C12H18OS. The Kier molecular flexibility index (Phi) is 2.81. The van der Waals surface area contributed by atoms with Gasteiger partial charge in [-0.2, -0.15) is 11.8 Å². The van der Waals surface area contributed by atoms with Gasteiger partial charge in [0.2, 0.25) is 0 Å². The predicted molar refractivity (Wildman–Crippen MR) is 61.2 cm³/mol. The van der Waals surface area contributed by atoms with E-state index >= 15 is 0 Å². The Hall–Kier alpha value is -0.130. The molecule has 1 aliphatic carbocycles. The third kappa shape index (κ3) is 1.68. The molecule has 78 valence electrons. The van der Waals surface area contributed by atoms with Crippen molar-refractivity contribution in [2.75, 3.05) is 0 Å². The van der Waals surface area contributed by atoms with Crippen LogP contribution in [0.15, 0.2) is 0 Å². The van der Waals surface area contributed by atoms with Crippen LogP contribution in [0.2, 0.25) is 0 Å². The van der Waals surface area contributed by atoms with Gasteiger partial charge in [-0.15, -0.1) is 6.42 Å². The smallest absolute Gasteiger partial charge is 0.130 e. The zero-order chi connectivity index (χ0) is 10.2. The van der Waals surface area contributed by atoms with E-state index in [-0.39, 0.29) is 0 Å². The molecule has 0 aromatic carbocycles. The summed E-state index contributed by atoms with van der Waals surface area (Å²) in [6.07, 6.45) is 11.2. The quantitative estimate of drug-likeness (QED) is 0.620. The highest BCUT2D eigenvalue weighted by Crippen LogP contribution is 2.48. The zero-order valence-corrected chi connectivity index (χ0v) is 9.52. The molecule has 1 aliphatic heterocycles. The minimum Gasteiger partial charge on any atom is -0.377 e. The van der Waals surface area contributed by atoms with Crippen molar-refractivity contribution in [3.05, 3.63) is 0 Å². The van der Waals surface area contributed by atoms with E-state index in [0.717, 1.165) is 12.8 Å². The van der Waals surface area contributed by atoms with Crippen LogP contribution in [-0.2, 0) is 0 Å². The van der Waals surface area contributed by atoms with E-state index in [1.807, 2.05) is 11.8 Å². The summed E-state index contributed by atoms with van der Waals surface area (Å²) >= 11 is 2.03. The third-order valence-corrected chi connectivity index (χ3v) is 5.12. The molecule has 1 heterocycles. The Morgan fingerprint density at radius 1 is 1.43 bits per heavy atom. The number of aliphatic hydroxyl groups is 1. The van der Waals surface area contributed by atoms with Crippen LogP contribution >= 0.6 is 11.8 Å². The summed E-state index contributed by atoms with van der Waals surface area (Å²) in [6.45, 7) is 2.18. The summed E-state index contributed by atoms with van der Waals surface area (Å²) in [5, 5.41) is 11.5. The summed E-state index contributed by atoms with van der Waals surface area (Å²) in [4.78, 5) is 0. The van der Waals surface area contributed by atoms with Gasteiger partial charge in [0.15, 0.2) is 0 Å². The second-order valence-corrected chi connectivity index (χ2v) is 6.33. The van der Waals surface area contributed by atoms with Crippen LogP contribution in [-0.4, -0.2) is 21.2 Å². The maximum absolute atomic E-state index is 10.4. The third-order valence-electron chi connectivity index (χ3n) is 3.57. The molecule has 0 amide bonds.